The van der Waals surface area contributed by atoms with Crippen LogP contribution in [0.25, 0.3) is 11.1 Å². The normalized spacial score (nSPS) is 16.3. The number of ether oxygens (including phenoxy) is 1. The van der Waals surface area contributed by atoms with Gasteiger partial charge in [-0.05, 0) is 43.6 Å². The fraction of sp³-hybridized carbons (Fsp3) is 0.438. The lowest BCUT2D eigenvalue weighted by Gasteiger charge is -2.24. The van der Waals surface area contributed by atoms with E-state index in [1.807, 2.05) is 30.1 Å². The van der Waals surface area contributed by atoms with Crippen molar-refractivity contribution in [1.82, 2.24) is 15.1 Å². The number of aryl methyl sites for hydroxylation is 1. The van der Waals surface area contributed by atoms with E-state index in [1.165, 1.54) is 29.7 Å². The maximum Gasteiger partial charge on any atom is 0.118 e. The first-order valence-corrected chi connectivity index (χ1v) is 7.16. The molecule has 1 fully saturated rings. The predicted octanol–water partition coefficient (Wildman–Crippen LogP) is 2.56. The molecule has 20 heavy (non-hydrogen) atoms. The molecule has 1 N–H and O–H groups in total. The van der Waals surface area contributed by atoms with Crippen LogP contribution in [0.2, 0.25) is 0 Å². The predicted molar refractivity (Wildman–Crippen MR) is 80.0 cm³/mol. The standard InChI is InChI=1S/C16H21N3O/c1-19-16(13-7-9-17-10-8-13)15(11-18-19)12-3-5-14(20-2)6-4-12/h3-6,11,13,17H,7-10H2,1-2H3. The van der Waals surface area contributed by atoms with Gasteiger partial charge in [-0.15, -0.1) is 0 Å². The molecule has 1 aromatic carbocycles. The van der Waals surface area contributed by atoms with E-state index >= 15 is 0 Å². The lowest BCUT2D eigenvalue weighted by molar-refractivity contribution is 0.415. The van der Waals surface area contributed by atoms with Gasteiger partial charge in [-0.3, -0.25) is 4.68 Å². The van der Waals surface area contributed by atoms with Crippen molar-refractivity contribution in [3.8, 4) is 16.9 Å². The monoisotopic (exact) mass is 271 g/mol. The molecule has 1 aromatic heterocycles. The topological polar surface area (TPSA) is 39.1 Å². The Morgan fingerprint density at radius 3 is 2.55 bits per heavy atom. The van der Waals surface area contributed by atoms with Crippen molar-refractivity contribution in [2.24, 2.45) is 7.05 Å². The molecule has 2 aromatic rings. The largest absolute Gasteiger partial charge is 0.497 e. The van der Waals surface area contributed by atoms with Gasteiger partial charge < -0.3 is 10.1 Å². The van der Waals surface area contributed by atoms with Crippen LogP contribution >= 0.6 is 0 Å². The molecule has 0 bridgehead atoms. The first kappa shape index (κ1) is 13.2. The Balaban J connectivity index is 1.96. The molecule has 0 atom stereocenters. The number of aromatic nitrogens is 2. The zero-order chi connectivity index (χ0) is 13.9. The second kappa shape index (κ2) is 5.67. The highest BCUT2D eigenvalue weighted by atomic mass is 16.5. The minimum Gasteiger partial charge on any atom is -0.497 e. The van der Waals surface area contributed by atoms with Gasteiger partial charge >= 0.3 is 0 Å². The van der Waals surface area contributed by atoms with Crippen LogP contribution in [-0.2, 0) is 7.05 Å². The molecule has 1 aliphatic heterocycles. The van der Waals surface area contributed by atoms with E-state index in [2.05, 4.69) is 22.5 Å². The van der Waals surface area contributed by atoms with Crippen molar-refractivity contribution in [2.75, 3.05) is 20.2 Å². The highest BCUT2D eigenvalue weighted by molar-refractivity contribution is 5.66. The lowest BCUT2D eigenvalue weighted by Crippen LogP contribution is -2.27. The average molecular weight is 271 g/mol. The number of rotatable bonds is 3. The van der Waals surface area contributed by atoms with Gasteiger partial charge in [0.2, 0.25) is 0 Å². The highest BCUT2D eigenvalue weighted by Crippen LogP contribution is 2.34. The van der Waals surface area contributed by atoms with Gasteiger partial charge in [0.05, 0.1) is 13.3 Å². The third kappa shape index (κ3) is 2.43. The Morgan fingerprint density at radius 2 is 1.90 bits per heavy atom. The summed E-state index contributed by atoms with van der Waals surface area (Å²) in [5.41, 5.74) is 3.83. The Bertz CT molecular complexity index is 568. The molecule has 0 radical (unpaired) electrons. The molecule has 0 spiro atoms. The van der Waals surface area contributed by atoms with E-state index in [9.17, 15) is 0 Å². The highest BCUT2D eigenvalue weighted by Gasteiger charge is 2.22. The van der Waals surface area contributed by atoms with Crippen LogP contribution in [0.15, 0.2) is 30.5 Å². The maximum absolute atomic E-state index is 5.23. The molecule has 4 nitrogen and oxygen atoms in total. The van der Waals surface area contributed by atoms with E-state index in [0.29, 0.717) is 5.92 Å². The third-order valence-electron chi connectivity index (χ3n) is 4.11. The van der Waals surface area contributed by atoms with Crippen LogP contribution in [0.1, 0.15) is 24.5 Å². The average Bonchev–Trinajstić information content (AvgIpc) is 2.90. The molecule has 0 amide bonds. The number of piperidine rings is 1. The zero-order valence-corrected chi connectivity index (χ0v) is 12.1. The van der Waals surface area contributed by atoms with Gasteiger partial charge in [0.1, 0.15) is 5.75 Å². The van der Waals surface area contributed by atoms with E-state index in [1.54, 1.807) is 7.11 Å². The van der Waals surface area contributed by atoms with Crippen molar-refractivity contribution >= 4 is 0 Å². The van der Waals surface area contributed by atoms with Gasteiger partial charge in [0.25, 0.3) is 0 Å². The number of nitrogens with zero attached hydrogens (tertiary/aromatic N) is 2. The third-order valence-corrected chi connectivity index (χ3v) is 4.11. The molecule has 0 aliphatic carbocycles. The molecule has 1 saturated heterocycles. The first-order chi connectivity index (χ1) is 9.79. The van der Waals surface area contributed by atoms with E-state index in [4.69, 9.17) is 4.74 Å². The number of hydrogen-bond acceptors (Lipinski definition) is 3. The second-order valence-corrected chi connectivity index (χ2v) is 5.32. The molecule has 3 rings (SSSR count). The summed E-state index contributed by atoms with van der Waals surface area (Å²) in [6, 6.07) is 8.24. The van der Waals surface area contributed by atoms with Crippen LogP contribution in [0.3, 0.4) is 0 Å². The molecular weight excluding hydrogens is 250 g/mol. The summed E-state index contributed by atoms with van der Waals surface area (Å²) >= 11 is 0. The van der Waals surface area contributed by atoms with Crippen molar-refractivity contribution in [1.29, 1.82) is 0 Å². The minimum absolute atomic E-state index is 0.598. The van der Waals surface area contributed by atoms with E-state index in [-0.39, 0.29) is 0 Å². The van der Waals surface area contributed by atoms with E-state index < -0.39 is 0 Å². The fourth-order valence-electron chi connectivity index (χ4n) is 3.02. The second-order valence-electron chi connectivity index (χ2n) is 5.32. The van der Waals surface area contributed by atoms with E-state index in [0.717, 1.165) is 18.8 Å². The molecule has 2 heterocycles. The quantitative estimate of drug-likeness (QED) is 0.932. The van der Waals surface area contributed by atoms with Crippen LogP contribution in [0.5, 0.6) is 5.75 Å². The van der Waals surface area contributed by atoms with Gasteiger partial charge in [-0.1, -0.05) is 12.1 Å². The SMILES string of the molecule is COc1ccc(-c2cnn(C)c2C2CCNCC2)cc1. The van der Waals surface area contributed by atoms with Crippen molar-refractivity contribution in [3.05, 3.63) is 36.2 Å². The molecule has 4 heteroatoms. The summed E-state index contributed by atoms with van der Waals surface area (Å²) in [7, 11) is 3.74. The van der Waals surface area contributed by atoms with Crippen molar-refractivity contribution < 1.29 is 4.74 Å². The smallest absolute Gasteiger partial charge is 0.118 e. The Morgan fingerprint density at radius 1 is 1.20 bits per heavy atom. The summed E-state index contributed by atoms with van der Waals surface area (Å²) in [6.07, 6.45) is 4.35. The Kier molecular flexibility index (Phi) is 3.74. The van der Waals surface area contributed by atoms with Crippen LogP contribution in [0, 0.1) is 0 Å². The minimum atomic E-state index is 0.598. The number of hydrogen-bond donors (Lipinski definition) is 1. The van der Waals surface area contributed by atoms with Crippen LogP contribution in [0.4, 0.5) is 0 Å². The molecule has 0 saturated carbocycles. The van der Waals surface area contributed by atoms with Crippen LogP contribution in [-0.4, -0.2) is 30.0 Å². The van der Waals surface area contributed by atoms with Crippen molar-refractivity contribution in [2.45, 2.75) is 18.8 Å². The number of methoxy groups -OCH3 is 1. The molecule has 0 unspecified atom stereocenters. The fourth-order valence-corrected chi connectivity index (χ4v) is 3.02. The Hall–Kier alpha value is -1.81. The summed E-state index contributed by atoms with van der Waals surface area (Å²) < 4.78 is 7.26. The zero-order valence-electron chi connectivity index (χ0n) is 12.1. The summed E-state index contributed by atoms with van der Waals surface area (Å²) in [5.74, 6) is 1.49. The maximum atomic E-state index is 5.23. The van der Waals surface area contributed by atoms with Gasteiger partial charge in [0.15, 0.2) is 0 Å². The van der Waals surface area contributed by atoms with Crippen LogP contribution < -0.4 is 10.1 Å². The molecule has 1 aliphatic rings. The number of benzene rings is 1. The molecular formula is C16H21N3O. The lowest BCUT2D eigenvalue weighted by atomic mass is 9.90. The first-order valence-electron chi connectivity index (χ1n) is 7.16. The van der Waals surface area contributed by atoms with Gasteiger partial charge in [-0.25, -0.2) is 0 Å². The summed E-state index contributed by atoms with van der Waals surface area (Å²) in [5, 5.41) is 7.90. The van der Waals surface area contributed by atoms with Gasteiger partial charge in [0, 0.05) is 24.2 Å². The summed E-state index contributed by atoms with van der Waals surface area (Å²) in [4.78, 5) is 0. The van der Waals surface area contributed by atoms with Crippen molar-refractivity contribution in [3.63, 3.8) is 0 Å². The molecule has 106 valence electrons. The van der Waals surface area contributed by atoms with Gasteiger partial charge in [-0.2, -0.15) is 5.10 Å². The Labute approximate surface area is 119 Å². The number of nitrogens with one attached hydrogen (secondary N) is 1. The summed E-state index contributed by atoms with van der Waals surface area (Å²) in [6.45, 7) is 2.19.